The molecule has 0 aliphatic heterocycles. The van der Waals surface area contributed by atoms with Crippen molar-refractivity contribution in [3.8, 4) is 0 Å². The van der Waals surface area contributed by atoms with Crippen molar-refractivity contribution >= 4 is 5.91 Å². The Balaban J connectivity index is 2.47. The van der Waals surface area contributed by atoms with Crippen molar-refractivity contribution in [1.29, 1.82) is 0 Å². The Hall–Kier alpha value is -2.63. The van der Waals surface area contributed by atoms with E-state index in [9.17, 15) is 22.4 Å². The van der Waals surface area contributed by atoms with Crippen LogP contribution in [0.1, 0.15) is 22.7 Å². The fraction of sp³-hybridized carbons (Fsp3) is 0.118. The molecule has 2 nitrogen and oxygen atoms in total. The van der Waals surface area contributed by atoms with Crippen LogP contribution in [-0.2, 0) is 11.0 Å². The zero-order valence-corrected chi connectivity index (χ0v) is 11.9. The molecule has 0 spiro atoms. The number of benzene rings is 2. The van der Waals surface area contributed by atoms with Crippen LogP contribution in [0.4, 0.5) is 17.6 Å². The number of carbonyl (C=O) groups excluding carboxylic acids is 1. The van der Waals surface area contributed by atoms with Gasteiger partial charge in [-0.3, -0.25) is 4.79 Å². The lowest BCUT2D eigenvalue weighted by Gasteiger charge is -2.20. The van der Waals surface area contributed by atoms with Crippen molar-refractivity contribution in [3.05, 3.63) is 83.7 Å². The van der Waals surface area contributed by atoms with Gasteiger partial charge in [-0.25, -0.2) is 4.39 Å². The van der Waals surface area contributed by atoms with Gasteiger partial charge in [0, 0.05) is 0 Å². The van der Waals surface area contributed by atoms with Gasteiger partial charge in [0.25, 0.3) is 0 Å². The Kier molecular flexibility index (Phi) is 4.83. The molecule has 2 aromatic rings. The van der Waals surface area contributed by atoms with Crippen molar-refractivity contribution in [2.75, 3.05) is 0 Å². The highest BCUT2D eigenvalue weighted by Crippen LogP contribution is 2.32. The molecule has 0 aliphatic rings. The molecule has 0 bridgehead atoms. The molecule has 1 N–H and O–H groups in total. The van der Waals surface area contributed by atoms with Gasteiger partial charge in [0.05, 0.1) is 11.6 Å². The lowest BCUT2D eigenvalue weighted by molar-refractivity contribution is -0.137. The number of nitrogens with one attached hydrogen (secondary N) is 1. The van der Waals surface area contributed by atoms with Crippen molar-refractivity contribution in [3.63, 3.8) is 0 Å². The van der Waals surface area contributed by atoms with E-state index in [2.05, 4.69) is 11.9 Å². The summed E-state index contributed by atoms with van der Waals surface area (Å²) >= 11 is 0. The van der Waals surface area contributed by atoms with E-state index in [0.717, 1.165) is 18.2 Å². The minimum absolute atomic E-state index is 0.238. The van der Waals surface area contributed by atoms with E-state index in [4.69, 9.17) is 0 Å². The van der Waals surface area contributed by atoms with Crippen molar-refractivity contribution in [1.82, 2.24) is 5.32 Å². The first kappa shape index (κ1) is 16.7. The van der Waals surface area contributed by atoms with Gasteiger partial charge in [-0.15, -0.1) is 0 Å². The fourth-order valence-corrected chi connectivity index (χ4v) is 2.11. The minimum Gasteiger partial charge on any atom is -0.342 e. The van der Waals surface area contributed by atoms with Crippen LogP contribution in [0, 0.1) is 5.82 Å². The highest BCUT2D eigenvalue weighted by molar-refractivity contribution is 5.87. The van der Waals surface area contributed by atoms with Crippen LogP contribution in [0.3, 0.4) is 0 Å². The van der Waals surface area contributed by atoms with Crippen molar-refractivity contribution in [2.24, 2.45) is 0 Å². The summed E-state index contributed by atoms with van der Waals surface area (Å²) in [6.45, 7) is 3.32. The SMILES string of the molecule is C=CC(=O)NC(c1ccc(F)cc1)c1cccc(C(F)(F)F)c1. The van der Waals surface area contributed by atoms with E-state index >= 15 is 0 Å². The Morgan fingerprint density at radius 2 is 1.74 bits per heavy atom. The summed E-state index contributed by atoms with van der Waals surface area (Å²) in [5.74, 6) is -1.02. The first-order valence-corrected chi connectivity index (χ1v) is 6.67. The molecule has 1 atom stereocenters. The molecule has 0 saturated carbocycles. The Bertz CT molecular complexity index is 707. The van der Waals surface area contributed by atoms with E-state index in [0.29, 0.717) is 5.56 Å². The Morgan fingerprint density at radius 3 is 2.30 bits per heavy atom. The molecule has 0 fully saturated rings. The zero-order chi connectivity index (χ0) is 17.0. The van der Waals surface area contributed by atoms with Crippen LogP contribution in [0.15, 0.2) is 61.2 Å². The number of halogens is 4. The van der Waals surface area contributed by atoms with Crippen LogP contribution in [-0.4, -0.2) is 5.91 Å². The predicted molar refractivity (Wildman–Crippen MR) is 78.0 cm³/mol. The van der Waals surface area contributed by atoms with Gasteiger partial charge in [-0.1, -0.05) is 30.8 Å². The van der Waals surface area contributed by atoms with E-state index in [1.807, 2.05) is 0 Å². The molecule has 2 aromatic carbocycles. The molecule has 0 heterocycles. The molecule has 1 amide bonds. The first-order valence-electron chi connectivity index (χ1n) is 6.67. The number of rotatable bonds is 4. The molecule has 23 heavy (non-hydrogen) atoms. The molecular formula is C17H13F4NO. The second-order valence-corrected chi connectivity index (χ2v) is 4.82. The number of alkyl halides is 3. The summed E-state index contributed by atoms with van der Waals surface area (Å²) in [5, 5.41) is 2.55. The largest absolute Gasteiger partial charge is 0.416 e. The summed E-state index contributed by atoms with van der Waals surface area (Å²) in [4.78, 5) is 11.6. The second kappa shape index (κ2) is 6.64. The highest BCUT2D eigenvalue weighted by atomic mass is 19.4. The third-order valence-electron chi connectivity index (χ3n) is 3.22. The normalized spacial score (nSPS) is 12.5. The standard InChI is InChI=1S/C17H13F4NO/c1-2-15(23)22-16(11-6-8-14(18)9-7-11)12-4-3-5-13(10-12)17(19,20)21/h2-10,16H,1H2,(H,22,23). The average molecular weight is 323 g/mol. The quantitative estimate of drug-likeness (QED) is 0.662. The number of amides is 1. The third-order valence-corrected chi connectivity index (χ3v) is 3.22. The molecule has 6 heteroatoms. The molecule has 120 valence electrons. The number of hydrogen-bond acceptors (Lipinski definition) is 1. The summed E-state index contributed by atoms with van der Waals surface area (Å²) in [6.07, 6.45) is -3.48. The van der Waals surface area contributed by atoms with Gasteiger partial charge in [0.15, 0.2) is 0 Å². The molecular weight excluding hydrogens is 310 g/mol. The van der Waals surface area contributed by atoms with Crippen molar-refractivity contribution < 1.29 is 22.4 Å². The molecule has 1 unspecified atom stereocenters. The monoisotopic (exact) mass is 323 g/mol. The molecule has 0 aliphatic carbocycles. The van der Waals surface area contributed by atoms with Crippen LogP contribution >= 0.6 is 0 Å². The Morgan fingerprint density at radius 1 is 1.09 bits per heavy atom. The minimum atomic E-state index is -4.49. The van der Waals surface area contributed by atoms with Gasteiger partial charge in [0.1, 0.15) is 5.82 Å². The predicted octanol–water partition coefficient (Wildman–Crippen LogP) is 4.24. The average Bonchev–Trinajstić information content (AvgIpc) is 2.52. The van der Waals surface area contributed by atoms with E-state index in [1.54, 1.807) is 0 Å². The number of hydrogen-bond donors (Lipinski definition) is 1. The van der Waals surface area contributed by atoms with E-state index < -0.39 is 29.5 Å². The van der Waals surface area contributed by atoms with Crippen LogP contribution in [0.5, 0.6) is 0 Å². The van der Waals surface area contributed by atoms with Gasteiger partial charge < -0.3 is 5.32 Å². The van der Waals surface area contributed by atoms with Gasteiger partial charge in [-0.2, -0.15) is 13.2 Å². The maximum Gasteiger partial charge on any atom is 0.416 e. The van der Waals surface area contributed by atoms with Gasteiger partial charge >= 0.3 is 6.18 Å². The van der Waals surface area contributed by atoms with Crippen LogP contribution < -0.4 is 5.32 Å². The van der Waals surface area contributed by atoms with Gasteiger partial charge in [0.2, 0.25) is 5.91 Å². The zero-order valence-electron chi connectivity index (χ0n) is 11.9. The molecule has 2 rings (SSSR count). The van der Waals surface area contributed by atoms with Gasteiger partial charge in [-0.05, 0) is 41.5 Å². The summed E-state index contributed by atoms with van der Waals surface area (Å²) in [5.41, 5.74) is -0.127. The summed E-state index contributed by atoms with van der Waals surface area (Å²) in [7, 11) is 0. The maximum absolute atomic E-state index is 13.0. The smallest absolute Gasteiger partial charge is 0.342 e. The highest BCUT2D eigenvalue weighted by Gasteiger charge is 2.31. The lowest BCUT2D eigenvalue weighted by Crippen LogP contribution is -2.27. The lowest BCUT2D eigenvalue weighted by atomic mass is 9.96. The molecule has 0 radical (unpaired) electrons. The van der Waals surface area contributed by atoms with E-state index in [-0.39, 0.29) is 5.56 Å². The van der Waals surface area contributed by atoms with Crippen LogP contribution in [0.25, 0.3) is 0 Å². The Labute approximate surface area is 130 Å². The molecule has 0 saturated heterocycles. The van der Waals surface area contributed by atoms with Crippen LogP contribution in [0.2, 0.25) is 0 Å². The first-order chi connectivity index (χ1) is 10.8. The topological polar surface area (TPSA) is 29.1 Å². The van der Waals surface area contributed by atoms with E-state index in [1.165, 1.54) is 36.4 Å². The number of carbonyl (C=O) groups is 1. The summed E-state index contributed by atoms with van der Waals surface area (Å²) < 4.78 is 51.6. The fourth-order valence-electron chi connectivity index (χ4n) is 2.11. The maximum atomic E-state index is 13.0. The molecule has 0 aromatic heterocycles. The second-order valence-electron chi connectivity index (χ2n) is 4.82. The third kappa shape index (κ3) is 4.18. The van der Waals surface area contributed by atoms with Crippen molar-refractivity contribution in [2.45, 2.75) is 12.2 Å². The summed E-state index contributed by atoms with van der Waals surface area (Å²) in [6, 6.07) is 8.95.